The number of hydrogen-bond donors (Lipinski definition) is 0. The van der Waals surface area contributed by atoms with Crippen molar-refractivity contribution in [2.45, 2.75) is 41.5 Å². The molecule has 2 heteroatoms. The minimum atomic E-state index is 0.518. The Morgan fingerprint density at radius 2 is 1.38 bits per heavy atom. The van der Waals surface area contributed by atoms with Crippen LogP contribution in [-0.4, -0.2) is 13.7 Å². The van der Waals surface area contributed by atoms with Gasteiger partial charge in [0, 0.05) is 5.56 Å². The highest BCUT2D eigenvalue weighted by Crippen LogP contribution is 2.24. The monoisotopic (exact) mass is 358 g/mol. The molecule has 0 aliphatic carbocycles. The summed E-state index contributed by atoms with van der Waals surface area (Å²) in [6, 6.07) is 12.1. The van der Waals surface area contributed by atoms with Crippen LogP contribution in [0, 0.1) is 0 Å². The first-order chi connectivity index (χ1) is 12.7. The van der Waals surface area contributed by atoms with Gasteiger partial charge in [0.1, 0.15) is 18.1 Å². The van der Waals surface area contributed by atoms with Crippen LogP contribution in [0.3, 0.4) is 0 Å². The molecule has 0 fully saturated rings. The quantitative estimate of drug-likeness (QED) is 0.399. The summed E-state index contributed by atoms with van der Waals surface area (Å²) in [5.74, 6) is 1.52. The van der Waals surface area contributed by atoms with Gasteiger partial charge in [-0.2, -0.15) is 0 Å². The average Bonchev–Trinajstić information content (AvgIpc) is 2.76. The van der Waals surface area contributed by atoms with E-state index in [0.717, 1.165) is 22.1 Å². The summed E-state index contributed by atoms with van der Waals surface area (Å²) in [6.45, 7) is 26.0. The van der Waals surface area contributed by atoms with Crippen molar-refractivity contribution in [2.75, 3.05) is 13.7 Å². The van der Waals surface area contributed by atoms with Crippen molar-refractivity contribution in [3.63, 3.8) is 0 Å². The molecule has 2 nitrogen and oxygen atoms in total. The second-order valence-electron chi connectivity index (χ2n) is 3.95. The van der Waals surface area contributed by atoms with Crippen LogP contribution in [0.15, 0.2) is 68.8 Å². The first-order valence-electron chi connectivity index (χ1n) is 9.25. The van der Waals surface area contributed by atoms with Crippen molar-refractivity contribution in [1.29, 1.82) is 0 Å². The summed E-state index contributed by atoms with van der Waals surface area (Å²) in [7, 11) is 1.62. The molecule has 0 bridgehead atoms. The molecule has 0 aliphatic rings. The zero-order valence-corrected chi connectivity index (χ0v) is 17.9. The minimum absolute atomic E-state index is 0.518. The van der Waals surface area contributed by atoms with Crippen molar-refractivity contribution in [2.24, 2.45) is 0 Å². The van der Waals surface area contributed by atoms with Gasteiger partial charge in [-0.1, -0.05) is 79.0 Å². The predicted octanol–water partition coefficient (Wildman–Crippen LogP) is 7.90. The van der Waals surface area contributed by atoms with Crippen LogP contribution < -0.4 is 4.74 Å². The van der Waals surface area contributed by atoms with Gasteiger partial charge in [0.05, 0.1) is 7.11 Å². The van der Waals surface area contributed by atoms with E-state index in [2.05, 4.69) is 32.4 Å². The van der Waals surface area contributed by atoms with E-state index in [0.29, 0.717) is 12.4 Å². The number of fused-ring (bicyclic) bond motifs is 1. The number of ether oxygens (including phenoxy) is 2. The summed E-state index contributed by atoms with van der Waals surface area (Å²) < 4.78 is 10.6. The van der Waals surface area contributed by atoms with Gasteiger partial charge in [-0.15, -0.1) is 13.2 Å². The molecule has 0 radical (unpaired) electrons. The normalized spacial score (nSPS) is 7.81. The Bertz CT molecular complexity index is 600. The molecule has 0 amide bonds. The Morgan fingerprint density at radius 3 is 1.88 bits per heavy atom. The Balaban J connectivity index is -0.000000585. The first-order valence-corrected chi connectivity index (χ1v) is 9.25. The van der Waals surface area contributed by atoms with E-state index in [1.54, 1.807) is 13.2 Å². The van der Waals surface area contributed by atoms with Gasteiger partial charge < -0.3 is 9.47 Å². The van der Waals surface area contributed by atoms with Crippen molar-refractivity contribution >= 4 is 16.5 Å². The van der Waals surface area contributed by atoms with Crippen LogP contribution in [0.2, 0.25) is 0 Å². The lowest BCUT2D eigenvalue weighted by Crippen LogP contribution is -1.92. The van der Waals surface area contributed by atoms with Gasteiger partial charge in [0.25, 0.3) is 0 Å². The van der Waals surface area contributed by atoms with Crippen molar-refractivity contribution in [3.8, 4) is 5.75 Å². The number of methoxy groups -OCH3 is 1. The maximum Gasteiger partial charge on any atom is 0.120 e. The summed E-state index contributed by atoms with van der Waals surface area (Å²) in [4.78, 5) is 0. The zero-order chi connectivity index (χ0) is 21.0. The fourth-order valence-corrected chi connectivity index (χ4v) is 1.76. The number of benzene rings is 2. The van der Waals surface area contributed by atoms with Gasteiger partial charge in [-0.05, 0) is 29.0 Å². The lowest BCUT2D eigenvalue weighted by molar-refractivity contribution is 0.364. The fourth-order valence-electron chi connectivity index (χ4n) is 1.76. The molecule has 0 spiro atoms. The van der Waals surface area contributed by atoms with Gasteiger partial charge in [-0.3, -0.25) is 0 Å². The predicted molar refractivity (Wildman–Crippen MR) is 121 cm³/mol. The van der Waals surface area contributed by atoms with E-state index in [1.807, 2.05) is 71.9 Å². The highest BCUT2D eigenvalue weighted by molar-refractivity contribution is 5.86. The maximum atomic E-state index is 5.50. The van der Waals surface area contributed by atoms with E-state index < -0.39 is 0 Å². The third-order valence-corrected chi connectivity index (χ3v) is 2.75. The van der Waals surface area contributed by atoms with Crippen LogP contribution >= 0.6 is 0 Å². The zero-order valence-electron chi connectivity index (χ0n) is 17.9. The van der Waals surface area contributed by atoms with E-state index >= 15 is 0 Å². The lowest BCUT2D eigenvalue weighted by atomic mass is 10.1. The van der Waals surface area contributed by atoms with Crippen LogP contribution in [0.25, 0.3) is 16.5 Å². The average molecular weight is 359 g/mol. The molecular formula is C24H38O2. The summed E-state index contributed by atoms with van der Waals surface area (Å²) in [5, 5.41) is 2.26. The van der Waals surface area contributed by atoms with Gasteiger partial charge in [0.2, 0.25) is 0 Å². The fraction of sp³-hybridized carbons (Fsp3) is 0.333. The highest BCUT2D eigenvalue weighted by Gasteiger charge is 2.02. The topological polar surface area (TPSA) is 18.5 Å². The molecule has 0 N–H and O–H groups in total. The van der Waals surface area contributed by atoms with E-state index in [-0.39, 0.29) is 0 Å². The second kappa shape index (κ2) is 20.6. The molecule has 0 unspecified atom stereocenters. The van der Waals surface area contributed by atoms with Crippen LogP contribution in [-0.2, 0) is 4.74 Å². The van der Waals surface area contributed by atoms with Crippen LogP contribution in [0.4, 0.5) is 0 Å². The number of rotatable bonds is 5. The molecule has 0 aliphatic heterocycles. The summed E-state index contributed by atoms with van der Waals surface area (Å²) >= 11 is 0. The molecule has 2 rings (SSSR count). The molecule has 0 heterocycles. The Hall–Kier alpha value is -2.48. The second-order valence-corrected chi connectivity index (χ2v) is 3.95. The molecule has 0 saturated heterocycles. The largest absolute Gasteiger partial charge is 0.497 e. The number of hydrogen-bond acceptors (Lipinski definition) is 2. The first kappa shape index (κ1) is 28.3. The van der Waals surface area contributed by atoms with Crippen LogP contribution in [0.5, 0.6) is 5.75 Å². The molecule has 0 aromatic heterocycles. The molecule has 26 heavy (non-hydrogen) atoms. The molecule has 0 saturated carbocycles. The maximum absolute atomic E-state index is 5.50. The molecule has 146 valence electrons. The molecule has 0 atom stereocenters. The minimum Gasteiger partial charge on any atom is -0.497 e. The Morgan fingerprint density at radius 1 is 0.885 bits per heavy atom. The summed E-state index contributed by atoms with van der Waals surface area (Å²) in [5.41, 5.74) is 0.991. The molecule has 2 aromatic carbocycles. The third kappa shape index (κ3) is 10.4. The SMILES string of the molecule is C=C.C=CCOc1ccc2cc(C(=C)OC)ccc2c1.CC.CC.CC. The van der Waals surface area contributed by atoms with E-state index in [1.165, 1.54) is 0 Å². The van der Waals surface area contributed by atoms with E-state index in [9.17, 15) is 0 Å². The standard InChI is InChI=1S/C16H16O2.3C2H6.C2H4/c1-4-9-18-16-8-7-14-10-13(12(2)17-3)5-6-15(14)11-16;4*1-2/h4-8,10-11H,1-2,9H2,3H3;3*1-2H3;1-2H2. The third-order valence-electron chi connectivity index (χ3n) is 2.75. The van der Waals surface area contributed by atoms with Gasteiger partial charge in [-0.25, -0.2) is 0 Å². The Kier molecular flexibility index (Phi) is 22.4. The molecular weight excluding hydrogens is 320 g/mol. The van der Waals surface area contributed by atoms with Crippen molar-refractivity contribution in [3.05, 3.63) is 74.4 Å². The lowest BCUT2D eigenvalue weighted by Gasteiger charge is -2.08. The summed E-state index contributed by atoms with van der Waals surface area (Å²) in [6.07, 6.45) is 1.73. The highest BCUT2D eigenvalue weighted by atomic mass is 16.5. The van der Waals surface area contributed by atoms with Gasteiger partial charge in [0.15, 0.2) is 0 Å². The van der Waals surface area contributed by atoms with E-state index in [4.69, 9.17) is 9.47 Å². The van der Waals surface area contributed by atoms with Crippen LogP contribution in [0.1, 0.15) is 47.1 Å². The molecule has 2 aromatic rings. The van der Waals surface area contributed by atoms with Gasteiger partial charge >= 0.3 is 0 Å². The van der Waals surface area contributed by atoms with Crippen molar-refractivity contribution < 1.29 is 9.47 Å². The van der Waals surface area contributed by atoms with Crippen molar-refractivity contribution in [1.82, 2.24) is 0 Å². The smallest absolute Gasteiger partial charge is 0.120 e. The Labute approximate surface area is 161 Å².